The van der Waals surface area contributed by atoms with Gasteiger partial charge >= 0.3 is 0 Å². The van der Waals surface area contributed by atoms with Crippen molar-refractivity contribution in [2.24, 2.45) is 0 Å². The van der Waals surface area contributed by atoms with Gasteiger partial charge in [0, 0.05) is 31.4 Å². The van der Waals surface area contributed by atoms with Crippen molar-refractivity contribution in [2.45, 2.75) is 11.4 Å². The molecule has 26 heavy (non-hydrogen) atoms. The molecule has 3 N–H and O–H groups in total. The zero-order valence-electron chi connectivity index (χ0n) is 13.7. The van der Waals surface area contributed by atoms with Crippen LogP contribution < -0.4 is 10.6 Å². The van der Waals surface area contributed by atoms with Crippen LogP contribution in [0.2, 0.25) is 0 Å². The van der Waals surface area contributed by atoms with Crippen LogP contribution in [0.4, 0.5) is 23.4 Å². The molecule has 138 valence electrons. The number of halogens is 4. The zero-order chi connectivity index (χ0) is 18.7. The summed E-state index contributed by atoms with van der Waals surface area (Å²) in [6.07, 6.45) is 4.63. The highest BCUT2D eigenvalue weighted by Gasteiger charge is 2.24. The van der Waals surface area contributed by atoms with Gasteiger partial charge in [0.2, 0.25) is 0 Å². The van der Waals surface area contributed by atoms with E-state index in [9.17, 15) is 17.6 Å². The number of hydrogen-bond acceptors (Lipinski definition) is 5. The molecular formula is C16H15F4N5S. The molecule has 10 heteroatoms. The molecule has 0 amide bonds. The molecule has 0 spiro atoms. The van der Waals surface area contributed by atoms with Crippen molar-refractivity contribution in [1.82, 2.24) is 20.3 Å². The number of aromatic amines is 1. The van der Waals surface area contributed by atoms with Crippen molar-refractivity contribution in [3.05, 3.63) is 47.4 Å². The fourth-order valence-electron chi connectivity index (χ4n) is 2.52. The standard InChI is InChI=1S/C16H15F4N5S/c1-26-14-9(10(17)11(18)12(19)13(14)20)6-21-4-5-23-16-8-2-3-22-15(8)24-7-25-16/h2-3,7,21H,4-6H2,1H3,(H2,22,23,24,25). The SMILES string of the molecule is CSc1c(F)c(F)c(F)c(F)c1CNCCNc1ncnc2[nH]ccc12. The van der Waals surface area contributed by atoms with E-state index < -0.39 is 23.3 Å². The van der Waals surface area contributed by atoms with E-state index in [1.807, 2.05) is 6.07 Å². The maximum absolute atomic E-state index is 13.9. The van der Waals surface area contributed by atoms with E-state index in [0.717, 1.165) is 17.1 Å². The van der Waals surface area contributed by atoms with Crippen LogP contribution in [0, 0.1) is 23.3 Å². The Bertz CT molecular complexity index is 931. The first kappa shape index (κ1) is 18.5. The van der Waals surface area contributed by atoms with Crippen molar-refractivity contribution >= 4 is 28.6 Å². The summed E-state index contributed by atoms with van der Waals surface area (Å²) in [5, 5.41) is 6.80. The predicted octanol–water partition coefficient (Wildman–Crippen LogP) is 3.44. The monoisotopic (exact) mass is 385 g/mol. The van der Waals surface area contributed by atoms with Crippen LogP contribution in [0.3, 0.4) is 0 Å². The molecular weight excluding hydrogens is 370 g/mol. The van der Waals surface area contributed by atoms with E-state index >= 15 is 0 Å². The van der Waals surface area contributed by atoms with Gasteiger partial charge in [-0.15, -0.1) is 11.8 Å². The fraction of sp³-hybridized carbons (Fsp3) is 0.250. The molecule has 2 heterocycles. The molecule has 0 atom stereocenters. The molecule has 0 saturated carbocycles. The van der Waals surface area contributed by atoms with Crippen LogP contribution in [0.5, 0.6) is 0 Å². The van der Waals surface area contributed by atoms with Gasteiger partial charge < -0.3 is 15.6 Å². The lowest BCUT2D eigenvalue weighted by molar-refractivity contribution is 0.390. The number of rotatable bonds is 7. The first-order valence-electron chi connectivity index (χ1n) is 7.66. The lowest BCUT2D eigenvalue weighted by Crippen LogP contribution is -2.23. The van der Waals surface area contributed by atoms with Gasteiger partial charge in [-0.25, -0.2) is 27.5 Å². The Balaban J connectivity index is 1.61. The molecule has 5 nitrogen and oxygen atoms in total. The Labute approximate surface area is 150 Å². The van der Waals surface area contributed by atoms with Crippen LogP contribution in [-0.2, 0) is 6.54 Å². The second kappa shape index (κ2) is 7.92. The highest BCUT2D eigenvalue weighted by atomic mass is 32.2. The third-order valence-electron chi connectivity index (χ3n) is 3.77. The molecule has 0 aliphatic carbocycles. The number of thioether (sulfide) groups is 1. The van der Waals surface area contributed by atoms with E-state index in [0.29, 0.717) is 24.6 Å². The molecule has 2 aromatic heterocycles. The highest BCUT2D eigenvalue weighted by Crippen LogP contribution is 2.30. The normalized spacial score (nSPS) is 11.3. The van der Waals surface area contributed by atoms with Gasteiger partial charge in [-0.3, -0.25) is 0 Å². The van der Waals surface area contributed by atoms with E-state index in [2.05, 4.69) is 25.6 Å². The number of fused-ring (bicyclic) bond motifs is 1. The molecule has 1 aromatic carbocycles. The molecule has 0 radical (unpaired) electrons. The minimum Gasteiger partial charge on any atom is -0.368 e. The van der Waals surface area contributed by atoms with E-state index in [-0.39, 0.29) is 17.0 Å². The molecule has 0 aliphatic rings. The third-order valence-corrected chi connectivity index (χ3v) is 4.60. The van der Waals surface area contributed by atoms with Gasteiger partial charge in [-0.2, -0.15) is 0 Å². The van der Waals surface area contributed by atoms with E-state index in [1.165, 1.54) is 12.6 Å². The molecule has 0 bridgehead atoms. The van der Waals surface area contributed by atoms with Gasteiger partial charge in [0.1, 0.15) is 17.8 Å². The number of nitrogens with zero attached hydrogens (tertiary/aromatic N) is 2. The summed E-state index contributed by atoms with van der Waals surface area (Å²) in [5.74, 6) is -5.71. The first-order chi connectivity index (χ1) is 12.5. The molecule has 0 fully saturated rings. The smallest absolute Gasteiger partial charge is 0.198 e. The Hall–Kier alpha value is -2.33. The number of H-pyrrole nitrogens is 1. The molecule has 0 unspecified atom stereocenters. The Morgan fingerprint density at radius 2 is 1.81 bits per heavy atom. The van der Waals surface area contributed by atoms with Crippen molar-refractivity contribution in [3.63, 3.8) is 0 Å². The maximum atomic E-state index is 13.9. The second-order valence-electron chi connectivity index (χ2n) is 5.33. The van der Waals surface area contributed by atoms with Crippen molar-refractivity contribution in [2.75, 3.05) is 24.7 Å². The van der Waals surface area contributed by atoms with Crippen LogP contribution >= 0.6 is 11.8 Å². The minimum absolute atomic E-state index is 0.138. The topological polar surface area (TPSA) is 65.6 Å². The summed E-state index contributed by atoms with van der Waals surface area (Å²) < 4.78 is 54.4. The number of hydrogen-bond donors (Lipinski definition) is 3. The fourth-order valence-corrected chi connectivity index (χ4v) is 3.20. The number of aromatic nitrogens is 3. The van der Waals surface area contributed by atoms with Gasteiger partial charge in [0.05, 0.1) is 10.3 Å². The Kier molecular flexibility index (Phi) is 5.62. The van der Waals surface area contributed by atoms with E-state index in [4.69, 9.17) is 0 Å². The van der Waals surface area contributed by atoms with Crippen molar-refractivity contribution < 1.29 is 17.6 Å². The first-order valence-corrected chi connectivity index (χ1v) is 8.88. The summed E-state index contributed by atoms with van der Waals surface area (Å²) >= 11 is 0.824. The van der Waals surface area contributed by atoms with Crippen LogP contribution in [-0.4, -0.2) is 34.3 Å². The average molecular weight is 385 g/mol. The average Bonchev–Trinajstić information content (AvgIpc) is 3.13. The van der Waals surface area contributed by atoms with E-state index in [1.54, 1.807) is 6.20 Å². The van der Waals surface area contributed by atoms with Gasteiger partial charge in [0.25, 0.3) is 0 Å². The summed E-state index contributed by atoms with van der Waals surface area (Å²) in [6.45, 7) is 0.657. The molecule has 0 saturated heterocycles. The van der Waals surface area contributed by atoms with Crippen molar-refractivity contribution in [3.8, 4) is 0 Å². The minimum atomic E-state index is -1.80. The maximum Gasteiger partial charge on any atom is 0.198 e. The molecule has 3 rings (SSSR count). The second-order valence-corrected chi connectivity index (χ2v) is 6.15. The lowest BCUT2D eigenvalue weighted by Gasteiger charge is -2.13. The van der Waals surface area contributed by atoms with Crippen molar-refractivity contribution in [1.29, 1.82) is 0 Å². The molecule has 3 aromatic rings. The number of anilines is 1. The third kappa shape index (κ3) is 3.47. The zero-order valence-corrected chi connectivity index (χ0v) is 14.5. The predicted molar refractivity (Wildman–Crippen MR) is 92.1 cm³/mol. The lowest BCUT2D eigenvalue weighted by atomic mass is 10.2. The van der Waals surface area contributed by atoms with Crippen LogP contribution in [0.25, 0.3) is 11.0 Å². The summed E-state index contributed by atoms with van der Waals surface area (Å²) in [4.78, 5) is 10.9. The molecule has 0 aliphatic heterocycles. The number of benzene rings is 1. The summed E-state index contributed by atoms with van der Waals surface area (Å²) in [7, 11) is 0. The quantitative estimate of drug-likeness (QED) is 0.191. The largest absolute Gasteiger partial charge is 0.368 e. The van der Waals surface area contributed by atoms with Gasteiger partial charge in [-0.1, -0.05) is 0 Å². The van der Waals surface area contributed by atoms with Gasteiger partial charge in [0.15, 0.2) is 23.3 Å². The Morgan fingerprint density at radius 3 is 2.58 bits per heavy atom. The Morgan fingerprint density at radius 1 is 1.04 bits per heavy atom. The van der Waals surface area contributed by atoms with Gasteiger partial charge in [-0.05, 0) is 12.3 Å². The summed E-state index contributed by atoms with van der Waals surface area (Å²) in [5.41, 5.74) is 0.461. The summed E-state index contributed by atoms with van der Waals surface area (Å²) in [6, 6.07) is 1.83. The number of nitrogens with one attached hydrogen (secondary N) is 3. The van der Waals surface area contributed by atoms with Crippen LogP contribution in [0.15, 0.2) is 23.5 Å². The van der Waals surface area contributed by atoms with Crippen LogP contribution in [0.1, 0.15) is 5.56 Å². The highest BCUT2D eigenvalue weighted by molar-refractivity contribution is 7.98.